The molecular formula is C19H30IN5O3S. The van der Waals surface area contributed by atoms with Crippen LogP contribution in [0.5, 0.6) is 0 Å². The third-order valence-corrected chi connectivity index (χ3v) is 8.62. The number of allylic oxidation sites excluding steroid dienone is 1. The quantitative estimate of drug-likeness (QED) is 0.314. The smallest absolute Gasteiger partial charge is 0.208 e. The first kappa shape index (κ1) is 22.9. The number of likely N-dealkylation sites (N-methyl/N-ethyl adjacent to an activating group) is 1. The molecule has 0 aromatic carbocycles. The summed E-state index contributed by atoms with van der Waals surface area (Å²) in [4.78, 5) is 19.8. The van der Waals surface area contributed by atoms with Crippen LogP contribution in [0.3, 0.4) is 0 Å². The van der Waals surface area contributed by atoms with E-state index in [1.807, 2.05) is 63.3 Å². The normalized spacial score (nSPS) is 28.7. The summed E-state index contributed by atoms with van der Waals surface area (Å²) in [6, 6.07) is 0.0343. The molecule has 10 heteroatoms. The van der Waals surface area contributed by atoms with Crippen molar-refractivity contribution in [2.45, 2.75) is 57.4 Å². The molecule has 3 atom stereocenters. The van der Waals surface area contributed by atoms with E-state index in [0.29, 0.717) is 27.7 Å². The van der Waals surface area contributed by atoms with Gasteiger partial charge in [0, 0.05) is 36.9 Å². The van der Waals surface area contributed by atoms with Gasteiger partial charge in [-0.1, -0.05) is 0 Å². The lowest BCUT2D eigenvalue weighted by atomic mass is 9.73. The standard InChI is InChI=1S/C19H30IN5O3S/c1-12-15(23-29(27)18(2,3)4)19(11-28-12)6-8-25(9-7-19)17-22-16(21)14(20)13(10-26)24(17)5/h12,15,23H,6-9,11,21H2,1-5H3/t12-,15+,29+/m0/s1. The first-order valence-electron chi connectivity index (χ1n) is 9.78. The van der Waals surface area contributed by atoms with Crippen molar-refractivity contribution in [1.82, 2.24) is 14.5 Å². The molecule has 0 aromatic rings. The molecule has 3 rings (SSSR count). The Kier molecular flexibility index (Phi) is 6.63. The summed E-state index contributed by atoms with van der Waals surface area (Å²) in [5.41, 5.74) is 6.37. The predicted molar refractivity (Wildman–Crippen MR) is 123 cm³/mol. The number of hydrogen-bond acceptors (Lipinski definition) is 8. The lowest BCUT2D eigenvalue weighted by molar-refractivity contribution is 0.0820. The van der Waals surface area contributed by atoms with E-state index < -0.39 is 11.4 Å². The zero-order valence-electron chi connectivity index (χ0n) is 17.6. The van der Waals surface area contributed by atoms with Crippen molar-refractivity contribution in [3.05, 3.63) is 15.1 Å². The molecule has 0 aromatic heterocycles. The van der Waals surface area contributed by atoms with Crippen molar-refractivity contribution < 1.29 is 14.1 Å². The molecule has 0 amide bonds. The molecule has 2 fully saturated rings. The number of hydrogen-bond donors (Lipinski definition) is 2. The van der Waals surface area contributed by atoms with E-state index in [4.69, 9.17) is 10.5 Å². The van der Waals surface area contributed by atoms with E-state index in [0.717, 1.165) is 25.9 Å². The fraction of sp³-hybridized carbons (Fsp3) is 0.737. The molecule has 0 aliphatic carbocycles. The Morgan fingerprint density at radius 1 is 1.41 bits per heavy atom. The summed E-state index contributed by atoms with van der Waals surface area (Å²) < 4.78 is 22.4. The van der Waals surface area contributed by atoms with Gasteiger partial charge in [-0.2, -0.15) is 4.99 Å². The Bertz CT molecular complexity index is 766. The maximum absolute atomic E-state index is 12.7. The predicted octanol–water partition coefficient (Wildman–Crippen LogP) is 1.49. The maximum atomic E-state index is 12.7. The number of nitrogens with one attached hydrogen (secondary N) is 1. The molecule has 162 valence electrons. The number of rotatable bonds is 2. The summed E-state index contributed by atoms with van der Waals surface area (Å²) in [5, 5.41) is 0. The summed E-state index contributed by atoms with van der Waals surface area (Å²) >= 11 is 0.869. The van der Waals surface area contributed by atoms with Crippen molar-refractivity contribution in [2.75, 3.05) is 26.7 Å². The topological polar surface area (TPSA) is 106 Å². The van der Waals surface area contributed by atoms with Crippen LogP contribution in [-0.2, 0) is 20.9 Å². The molecule has 0 bridgehead atoms. The van der Waals surface area contributed by atoms with Gasteiger partial charge in [0.25, 0.3) is 0 Å². The average molecular weight is 535 g/mol. The van der Waals surface area contributed by atoms with Crippen molar-refractivity contribution in [3.8, 4) is 0 Å². The van der Waals surface area contributed by atoms with Gasteiger partial charge in [-0.15, -0.1) is 4.72 Å². The van der Waals surface area contributed by atoms with E-state index in [2.05, 4.69) is 14.6 Å². The van der Waals surface area contributed by atoms with E-state index in [9.17, 15) is 9.35 Å². The van der Waals surface area contributed by atoms with Gasteiger partial charge in [-0.3, -0.25) is 0 Å². The van der Waals surface area contributed by atoms with Crippen LogP contribution >= 0.6 is 22.6 Å². The Hall–Kier alpha value is -0.780. The van der Waals surface area contributed by atoms with Crippen molar-refractivity contribution >= 4 is 45.9 Å². The molecule has 3 aliphatic rings. The highest BCUT2D eigenvalue weighted by molar-refractivity contribution is 14.1. The maximum Gasteiger partial charge on any atom is 0.208 e. The van der Waals surface area contributed by atoms with Gasteiger partial charge >= 0.3 is 0 Å². The number of nitrogens with two attached hydrogens (primary N) is 1. The lowest BCUT2D eigenvalue weighted by Crippen LogP contribution is -2.58. The van der Waals surface area contributed by atoms with Gasteiger partial charge in [0.2, 0.25) is 5.96 Å². The van der Waals surface area contributed by atoms with E-state index in [1.165, 1.54) is 0 Å². The van der Waals surface area contributed by atoms with Crippen LogP contribution in [-0.4, -0.2) is 69.9 Å². The zero-order chi connectivity index (χ0) is 21.6. The lowest BCUT2D eigenvalue weighted by Gasteiger charge is -2.45. The van der Waals surface area contributed by atoms with Gasteiger partial charge in [0.05, 0.1) is 22.3 Å². The molecule has 29 heavy (non-hydrogen) atoms. The SMILES string of the molecule is C[C@@H]1OCC2(CCN(C3=NC(N)=C(I)C(=C=O)N3C)CC2)[C@@H]1N[S@+]([O-])C(C)(C)C. The Balaban J connectivity index is 1.75. The largest absolute Gasteiger partial charge is 0.598 e. The number of carbonyl (C=O) groups excluding carboxylic acids is 1. The molecule has 8 nitrogen and oxygen atoms in total. The Morgan fingerprint density at radius 2 is 2.03 bits per heavy atom. The molecule has 0 saturated carbocycles. The minimum atomic E-state index is -1.15. The number of nitrogens with zero attached hydrogens (tertiary/aromatic N) is 3. The fourth-order valence-corrected chi connectivity index (χ4v) is 5.72. The second kappa shape index (κ2) is 8.39. The minimum Gasteiger partial charge on any atom is -0.598 e. The highest BCUT2D eigenvalue weighted by Gasteiger charge is 2.52. The number of halogens is 1. The highest BCUT2D eigenvalue weighted by Crippen LogP contribution is 2.43. The van der Waals surface area contributed by atoms with Gasteiger partial charge in [-0.25, -0.2) is 4.79 Å². The van der Waals surface area contributed by atoms with Crippen LogP contribution in [0, 0.1) is 5.41 Å². The van der Waals surface area contributed by atoms with Crippen molar-refractivity contribution in [3.63, 3.8) is 0 Å². The highest BCUT2D eigenvalue weighted by atomic mass is 127. The van der Waals surface area contributed by atoms with Crippen molar-refractivity contribution in [2.24, 2.45) is 16.1 Å². The molecular weight excluding hydrogens is 505 g/mol. The molecule has 3 aliphatic heterocycles. The van der Waals surface area contributed by atoms with Crippen LogP contribution in [0.15, 0.2) is 20.1 Å². The van der Waals surface area contributed by atoms with Crippen LogP contribution < -0.4 is 10.5 Å². The first-order valence-corrected chi connectivity index (χ1v) is 12.0. The summed E-state index contributed by atoms with van der Waals surface area (Å²) in [7, 11) is 1.81. The number of piperidine rings is 1. The average Bonchev–Trinajstić information content (AvgIpc) is 2.95. The van der Waals surface area contributed by atoms with Crippen LogP contribution in [0.25, 0.3) is 0 Å². The zero-order valence-corrected chi connectivity index (χ0v) is 20.6. The van der Waals surface area contributed by atoms with Crippen molar-refractivity contribution in [1.29, 1.82) is 0 Å². The van der Waals surface area contributed by atoms with Crippen LogP contribution in [0.4, 0.5) is 0 Å². The number of aliphatic imine (C=N–C) groups is 1. The number of likely N-dealkylation sites (tertiary alicyclic amines) is 1. The minimum absolute atomic E-state index is 0.00676. The van der Waals surface area contributed by atoms with Crippen LogP contribution in [0.1, 0.15) is 40.5 Å². The monoisotopic (exact) mass is 535 g/mol. The van der Waals surface area contributed by atoms with Gasteiger partial charge in [0.1, 0.15) is 16.3 Å². The molecule has 0 radical (unpaired) electrons. The number of ether oxygens (including phenoxy) is 1. The van der Waals surface area contributed by atoms with Gasteiger partial charge in [-0.05, 0) is 63.1 Å². The molecule has 3 N–H and O–H groups in total. The Labute approximate surface area is 189 Å². The van der Waals surface area contributed by atoms with E-state index in [1.54, 1.807) is 4.90 Å². The molecule has 3 heterocycles. The third kappa shape index (κ3) is 4.33. The van der Waals surface area contributed by atoms with Gasteiger partial charge in [0.15, 0.2) is 5.94 Å². The summed E-state index contributed by atoms with van der Waals surface area (Å²) in [6.07, 6.45) is 1.76. The molecule has 2 saturated heterocycles. The molecule has 1 spiro atoms. The third-order valence-electron chi connectivity index (χ3n) is 5.98. The Morgan fingerprint density at radius 3 is 2.59 bits per heavy atom. The van der Waals surface area contributed by atoms with E-state index in [-0.39, 0.29) is 22.3 Å². The second-order valence-corrected chi connectivity index (χ2v) is 12.0. The fourth-order valence-electron chi connectivity index (χ4n) is 4.10. The summed E-state index contributed by atoms with van der Waals surface area (Å²) in [5.74, 6) is 2.99. The first-order chi connectivity index (χ1) is 13.5. The summed E-state index contributed by atoms with van der Waals surface area (Å²) in [6.45, 7) is 10.1. The molecule has 0 unspecified atom stereocenters. The van der Waals surface area contributed by atoms with Gasteiger partial charge < -0.3 is 24.8 Å². The van der Waals surface area contributed by atoms with E-state index >= 15 is 0 Å². The van der Waals surface area contributed by atoms with Crippen LogP contribution in [0.2, 0.25) is 0 Å². The number of guanidine groups is 1. The second-order valence-electron chi connectivity index (χ2n) is 8.96.